The summed E-state index contributed by atoms with van der Waals surface area (Å²) in [6, 6.07) is 7.79. The summed E-state index contributed by atoms with van der Waals surface area (Å²) in [4.78, 5) is 18.9. The predicted octanol–water partition coefficient (Wildman–Crippen LogP) is 2.75. The van der Waals surface area contributed by atoms with Crippen LogP contribution in [0.15, 0.2) is 41.0 Å². The lowest BCUT2D eigenvalue weighted by Gasteiger charge is -2.29. The number of halogens is 2. The molecule has 5 nitrogen and oxygen atoms in total. The number of morpholine rings is 1. The number of carbonyl (C=O) groups excluding carboxylic acids is 1. The lowest BCUT2D eigenvalue weighted by Crippen LogP contribution is -2.37. The van der Waals surface area contributed by atoms with Gasteiger partial charge >= 0.3 is 0 Å². The molecule has 0 saturated carbocycles. The normalized spacial score (nSPS) is 14.5. The van der Waals surface area contributed by atoms with E-state index in [1.807, 2.05) is 12.1 Å². The molecule has 2 aromatic rings. The molecule has 2 heterocycles. The summed E-state index contributed by atoms with van der Waals surface area (Å²) in [7, 11) is 0. The zero-order chi connectivity index (χ0) is 16.9. The molecule has 126 valence electrons. The maximum atomic E-state index is 13.1. The fourth-order valence-corrected chi connectivity index (χ4v) is 3.10. The zero-order valence-electron chi connectivity index (χ0n) is 13.0. The molecule has 1 aromatic carbocycles. The van der Waals surface area contributed by atoms with Gasteiger partial charge in [0.15, 0.2) is 0 Å². The minimum Gasteiger partial charge on any atom is -0.378 e. The van der Waals surface area contributed by atoms with Crippen molar-refractivity contribution in [3.8, 4) is 0 Å². The van der Waals surface area contributed by atoms with Gasteiger partial charge in [-0.25, -0.2) is 9.37 Å². The number of ether oxygens (including phenoxy) is 1. The van der Waals surface area contributed by atoms with Gasteiger partial charge in [-0.1, -0.05) is 6.07 Å². The Bertz CT molecular complexity index is 736. The van der Waals surface area contributed by atoms with Gasteiger partial charge in [-0.15, -0.1) is 0 Å². The Kier molecular flexibility index (Phi) is 5.42. The van der Waals surface area contributed by atoms with E-state index in [1.165, 1.54) is 18.2 Å². The van der Waals surface area contributed by atoms with E-state index in [-0.39, 0.29) is 11.7 Å². The number of aromatic nitrogens is 1. The second kappa shape index (κ2) is 7.72. The first-order chi connectivity index (χ1) is 11.6. The van der Waals surface area contributed by atoms with Crippen molar-refractivity contribution in [3.63, 3.8) is 0 Å². The lowest BCUT2D eigenvalue weighted by atomic mass is 10.2. The Morgan fingerprint density at radius 1 is 1.33 bits per heavy atom. The standard InChI is InChI=1S/C17H17BrFN3O2/c18-15-10-13(19)3-4-14(15)17(23)21-11-12-2-1-5-20-16(12)22-6-8-24-9-7-22/h1-5,10H,6-9,11H2,(H,21,23). The molecule has 3 rings (SSSR count). The number of nitrogens with zero attached hydrogens (tertiary/aromatic N) is 2. The topological polar surface area (TPSA) is 54.5 Å². The third kappa shape index (κ3) is 3.91. The van der Waals surface area contributed by atoms with Gasteiger partial charge in [0.05, 0.1) is 18.8 Å². The summed E-state index contributed by atoms with van der Waals surface area (Å²) < 4.78 is 18.9. The van der Waals surface area contributed by atoms with Crippen LogP contribution in [0.5, 0.6) is 0 Å². The van der Waals surface area contributed by atoms with Crippen molar-refractivity contribution in [1.29, 1.82) is 0 Å². The van der Waals surface area contributed by atoms with Gasteiger partial charge in [0.25, 0.3) is 5.91 Å². The van der Waals surface area contributed by atoms with E-state index < -0.39 is 0 Å². The molecule has 1 amide bonds. The van der Waals surface area contributed by atoms with Gasteiger partial charge in [-0.3, -0.25) is 4.79 Å². The number of rotatable bonds is 4. The third-order valence-electron chi connectivity index (χ3n) is 3.79. The predicted molar refractivity (Wildman–Crippen MR) is 92.5 cm³/mol. The Balaban J connectivity index is 1.71. The number of carbonyl (C=O) groups is 1. The maximum absolute atomic E-state index is 13.1. The second-order valence-electron chi connectivity index (χ2n) is 5.39. The molecule has 1 aromatic heterocycles. The summed E-state index contributed by atoms with van der Waals surface area (Å²) in [5.41, 5.74) is 1.33. The molecule has 0 aliphatic carbocycles. The van der Waals surface area contributed by atoms with E-state index in [0.717, 1.165) is 24.5 Å². The molecular weight excluding hydrogens is 377 g/mol. The fraction of sp³-hybridized carbons (Fsp3) is 0.294. The molecule has 7 heteroatoms. The average Bonchev–Trinajstić information content (AvgIpc) is 2.61. The molecule has 1 aliphatic heterocycles. The highest BCUT2D eigenvalue weighted by molar-refractivity contribution is 9.10. The summed E-state index contributed by atoms with van der Waals surface area (Å²) in [6.07, 6.45) is 1.74. The maximum Gasteiger partial charge on any atom is 0.252 e. The smallest absolute Gasteiger partial charge is 0.252 e. The van der Waals surface area contributed by atoms with Crippen LogP contribution in [0.1, 0.15) is 15.9 Å². The number of pyridine rings is 1. The van der Waals surface area contributed by atoms with Gasteiger partial charge in [-0.2, -0.15) is 0 Å². The van der Waals surface area contributed by atoms with Crippen molar-refractivity contribution in [1.82, 2.24) is 10.3 Å². The number of amides is 1. The molecule has 0 bridgehead atoms. The Hall–Kier alpha value is -1.99. The number of hydrogen-bond acceptors (Lipinski definition) is 4. The molecule has 1 fully saturated rings. The first-order valence-corrected chi connectivity index (χ1v) is 8.44. The third-order valence-corrected chi connectivity index (χ3v) is 4.45. The van der Waals surface area contributed by atoms with E-state index in [0.29, 0.717) is 29.8 Å². The quantitative estimate of drug-likeness (QED) is 0.867. The van der Waals surface area contributed by atoms with Gasteiger partial charge < -0.3 is 15.0 Å². The van der Waals surface area contributed by atoms with E-state index in [1.54, 1.807) is 6.20 Å². The molecule has 1 N–H and O–H groups in total. The van der Waals surface area contributed by atoms with Crippen LogP contribution in [0.2, 0.25) is 0 Å². The molecule has 1 aliphatic rings. The van der Waals surface area contributed by atoms with Gasteiger partial charge in [0.2, 0.25) is 0 Å². The average molecular weight is 394 g/mol. The van der Waals surface area contributed by atoms with Crippen molar-refractivity contribution in [2.45, 2.75) is 6.54 Å². The zero-order valence-corrected chi connectivity index (χ0v) is 14.6. The summed E-state index contributed by atoms with van der Waals surface area (Å²) in [6.45, 7) is 3.25. The van der Waals surface area contributed by atoms with E-state index in [2.05, 4.69) is 31.1 Å². The highest BCUT2D eigenvalue weighted by Gasteiger charge is 2.17. The molecule has 0 unspecified atom stereocenters. The molecule has 24 heavy (non-hydrogen) atoms. The van der Waals surface area contributed by atoms with Crippen molar-refractivity contribution in [2.24, 2.45) is 0 Å². The fourth-order valence-electron chi connectivity index (χ4n) is 2.57. The summed E-state index contributed by atoms with van der Waals surface area (Å²) >= 11 is 3.22. The number of nitrogens with one attached hydrogen (secondary N) is 1. The minimum absolute atomic E-state index is 0.265. The highest BCUT2D eigenvalue weighted by Crippen LogP contribution is 2.20. The number of hydrogen-bond donors (Lipinski definition) is 1. The highest BCUT2D eigenvalue weighted by atomic mass is 79.9. The van der Waals surface area contributed by atoms with Crippen LogP contribution in [0.4, 0.5) is 10.2 Å². The van der Waals surface area contributed by atoms with E-state index >= 15 is 0 Å². The summed E-state index contributed by atoms with van der Waals surface area (Å²) in [5, 5.41) is 2.87. The van der Waals surface area contributed by atoms with E-state index in [4.69, 9.17) is 4.74 Å². The van der Waals surface area contributed by atoms with Gasteiger partial charge in [0.1, 0.15) is 11.6 Å². The lowest BCUT2D eigenvalue weighted by molar-refractivity contribution is 0.0950. The molecule has 0 radical (unpaired) electrons. The van der Waals surface area contributed by atoms with Crippen LogP contribution in [0.25, 0.3) is 0 Å². The Morgan fingerprint density at radius 2 is 2.12 bits per heavy atom. The van der Waals surface area contributed by atoms with Gasteiger partial charge in [0, 0.05) is 35.9 Å². The van der Waals surface area contributed by atoms with Crippen LogP contribution in [-0.4, -0.2) is 37.2 Å². The molecular formula is C17H17BrFN3O2. The van der Waals surface area contributed by atoms with Crippen LogP contribution in [0, 0.1) is 5.82 Å². The van der Waals surface area contributed by atoms with Crippen molar-refractivity contribution < 1.29 is 13.9 Å². The molecule has 0 spiro atoms. The van der Waals surface area contributed by atoms with Crippen molar-refractivity contribution in [3.05, 3.63) is 57.9 Å². The van der Waals surface area contributed by atoms with Gasteiger partial charge in [-0.05, 0) is 40.2 Å². The molecule has 1 saturated heterocycles. The Labute approximate surface area is 148 Å². The van der Waals surface area contributed by atoms with E-state index in [9.17, 15) is 9.18 Å². The number of anilines is 1. The van der Waals surface area contributed by atoms with Crippen LogP contribution in [0.3, 0.4) is 0 Å². The first-order valence-electron chi connectivity index (χ1n) is 7.65. The van der Waals surface area contributed by atoms with Crippen molar-refractivity contribution >= 4 is 27.7 Å². The first kappa shape index (κ1) is 16.9. The Morgan fingerprint density at radius 3 is 2.88 bits per heavy atom. The van der Waals surface area contributed by atoms with Crippen LogP contribution < -0.4 is 10.2 Å². The van der Waals surface area contributed by atoms with Crippen LogP contribution in [-0.2, 0) is 11.3 Å². The minimum atomic E-state index is -0.389. The largest absolute Gasteiger partial charge is 0.378 e. The van der Waals surface area contributed by atoms with Crippen LogP contribution >= 0.6 is 15.9 Å². The van der Waals surface area contributed by atoms with Crippen molar-refractivity contribution in [2.75, 3.05) is 31.2 Å². The molecule has 0 atom stereocenters. The number of benzene rings is 1. The summed E-state index contributed by atoms with van der Waals surface area (Å²) in [5.74, 6) is 0.207. The monoisotopic (exact) mass is 393 g/mol. The second-order valence-corrected chi connectivity index (χ2v) is 6.25. The SMILES string of the molecule is O=C(NCc1cccnc1N1CCOCC1)c1ccc(F)cc1Br.